The van der Waals surface area contributed by atoms with Crippen molar-refractivity contribution >= 4 is 92.9 Å². The summed E-state index contributed by atoms with van der Waals surface area (Å²) in [6, 6.07) is 74.0. The zero-order valence-corrected chi connectivity index (χ0v) is 32.7. The second kappa shape index (κ2) is 13.6. The number of fused-ring (bicyclic) bond motifs is 9. The molecular formula is C55H34N2OS. The minimum absolute atomic E-state index is 0.866. The van der Waals surface area contributed by atoms with E-state index in [9.17, 15) is 0 Å². The lowest BCUT2D eigenvalue weighted by molar-refractivity contribution is 0.669. The highest BCUT2D eigenvalue weighted by molar-refractivity contribution is 7.22. The molecule has 0 saturated heterocycles. The lowest BCUT2D eigenvalue weighted by Crippen LogP contribution is -2.10. The van der Waals surface area contributed by atoms with Crippen molar-refractivity contribution in [1.82, 2.24) is 4.98 Å². The number of benzene rings is 10. The molecule has 0 amide bonds. The number of hydrogen-bond donors (Lipinski definition) is 0. The molecule has 3 nitrogen and oxygen atoms in total. The van der Waals surface area contributed by atoms with Crippen molar-refractivity contribution in [3.63, 3.8) is 0 Å². The largest absolute Gasteiger partial charge is 0.456 e. The fourth-order valence-electron chi connectivity index (χ4n) is 8.84. The van der Waals surface area contributed by atoms with E-state index in [1.165, 1.54) is 53.7 Å². The first kappa shape index (κ1) is 33.6. The van der Waals surface area contributed by atoms with Crippen LogP contribution in [0.3, 0.4) is 0 Å². The van der Waals surface area contributed by atoms with E-state index in [-0.39, 0.29) is 0 Å². The summed E-state index contributed by atoms with van der Waals surface area (Å²) >= 11 is 1.78. The van der Waals surface area contributed by atoms with Crippen LogP contribution in [0.2, 0.25) is 0 Å². The monoisotopic (exact) mass is 770 g/mol. The molecule has 12 aromatic rings. The maximum absolute atomic E-state index is 6.44. The Morgan fingerprint density at radius 1 is 0.407 bits per heavy atom. The second-order valence-corrected chi connectivity index (χ2v) is 16.1. The summed E-state index contributed by atoms with van der Waals surface area (Å²) in [7, 11) is 0. The van der Waals surface area contributed by atoms with Crippen molar-refractivity contribution in [2.45, 2.75) is 0 Å². The number of anilines is 3. The molecule has 0 radical (unpaired) electrons. The quantitative estimate of drug-likeness (QED) is 0.158. The molecule has 0 fully saturated rings. The van der Waals surface area contributed by atoms with E-state index >= 15 is 0 Å². The van der Waals surface area contributed by atoms with Gasteiger partial charge in [-0.1, -0.05) is 152 Å². The van der Waals surface area contributed by atoms with Gasteiger partial charge < -0.3 is 9.32 Å². The van der Waals surface area contributed by atoms with Crippen LogP contribution in [-0.2, 0) is 0 Å². The normalized spacial score (nSPS) is 11.7. The van der Waals surface area contributed by atoms with Gasteiger partial charge in [-0.15, -0.1) is 11.3 Å². The van der Waals surface area contributed by atoms with Crippen LogP contribution in [-0.4, -0.2) is 4.98 Å². The third kappa shape index (κ3) is 5.60. The van der Waals surface area contributed by atoms with Gasteiger partial charge in [-0.2, -0.15) is 0 Å². The van der Waals surface area contributed by atoms with Crippen molar-refractivity contribution < 1.29 is 4.42 Å². The van der Waals surface area contributed by atoms with Crippen LogP contribution in [0.5, 0.6) is 0 Å². The van der Waals surface area contributed by atoms with Gasteiger partial charge in [0.2, 0.25) is 0 Å². The minimum Gasteiger partial charge on any atom is -0.456 e. The zero-order valence-electron chi connectivity index (χ0n) is 31.8. The number of furan rings is 1. The van der Waals surface area contributed by atoms with Crippen LogP contribution in [0.15, 0.2) is 211 Å². The van der Waals surface area contributed by atoms with E-state index in [1.807, 2.05) is 12.1 Å². The fraction of sp³-hybridized carbons (Fsp3) is 0. The fourth-order valence-corrected chi connectivity index (χ4v) is 9.98. The summed E-state index contributed by atoms with van der Waals surface area (Å²) in [6.07, 6.45) is 0. The molecule has 0 atom stereocenters. The molecule has 276 valence electrons. The second-order valence-electron chi connectivity index (χ2n) is 15.1. The van der Waals surface area contributed by atoms with Crippen LogP contribution in [0.25, 0.3) is 97.3 Å². The lowest BCUT2D eigenvalue weighted by atomic mass is 9.95. The molecule has 10 aromatic carbocycles. The maximum Gasteiger partial charge on any atom is 0.137 e. The first-order valence-electron chi connectivity index (χ1n) is 19.9. The maximum atomic E-state index is 6.44. The average Bonchev–Trinajstić information content (AvgIpc) is 3.92. The number of aromatic nitrogens is 1. The number of para-hydroxylation sites is 1. The van der Waals surface area contributed by atoms with Crippen molar-refractivity contribution in [3.8, 4) is 32.8 Å². The van der Waals surface area contributed by atoms with Gasteiger partial charge in [-0.25, -0.2) is 4.98 Å². The van der Waals surface area contributed by atoms with Gasteiger partial charge in [0.25, 0.3) is 0 Å². The number of thiazole rings is 1. The first-order chi connectivity index (χ1) is 29.2. The summed E-state index contributed by atoms with van der Waals surface area (Å²) in [5.41, 5.74) is 11.9. The van der Waals surface area contributed by atoms with E-state index in [1.54, 1.807) is 11.3 Å². The smallest absolute Gasteiger partial charge is 0.137 e. The SMILES string of the molecule is c1ccc(-c2nc3ccc4ccc5ccc(-c6ccc(N(c7ccc8c(c7)oc7ccccc78)c7ccc(-c8ccccc8)c8ccccc78)cc6)cc5c4c3s2)cc1. The van der Waals surface area contributed by atoms with Gasteiger partial charge in [0.1, 0.15) is 16.2 Å². The van der Waals surface area contributed by atoms with Crippen molar-refractivity contribution in [2.75, 3.05) is 4.90 Å². The number of nitrogens with zero attached hydrogens (tertiary/aromatic N) is 2. The highest BCUT2D eigenvalue weighted by Gasteiger charge is 2.20. The summed E-state index contributed by atoms with van der Waals surface area (Å²) in [5, 5.41) is 10.6. The Morgan fingerprint density at radius 3 is 1.88 bits per heavy atom. The Morgan fingerprint density at radius 2 is 1.05 bits per heavy atom. The van der Waals surface area contributed by atoms with Gasteiger partial charge in [0.15, 0.2) is 0 Å². The molecule has 0 aliphatic carbocycles. The Kier molecular flexibility index (Phi) is 7.72. The summed E-state index contributed by atoms with van der Waals surface area (Å²) in [5.74, 6) is 0. The van der Waals surface area contributed by atoms with Crippen molar-refractivity contribution in [3.05, 3.63) is 206 Å². The minimum atomic E-state index is 0.866. The molecule has 2 heterocycles. The highest BCUT2D eigenvalue weighted by atomic mass is 32.1. The molecule has 0 bridgehead atoms. The molecule has 59 heavy (non-hydrogen) atoms. The van der Waals surface area contributed by atoms with Crippen LogP contribution in [0.1, 0.15) is 0 Å². The molecule has 0 unspecified atom stereocenters. The summed E-state index contributed by atoms with van der Waals surface area (Å²) in [4.78, 5) is 7.44. The molecule has 0 saturated carbocycles. The lowest BCUT2D eigenvalue weighted by Gasteiger charge is -2.27. The van der Waals surface area contributed by atoms with Crippen molar-refractivity contribution in [1.29, 1.82) is 0 Å². The number of hydrogen-bond acceptors (Lipinski definition) is 4. The molecule has 0 aliphatic heterocycles. The summed E-state index contributed by atoms with van der Waals surface area (Å²) in [6.45, 7) is 0. The van der Waals surface area contributed by atoms with Gasteiger partial charge in [0, 0.05) is 44.5 Å². The number of rotatable bonds is 6. The third-order valence-electron chi connectivity index (χ3n) is 11.7. The molecule has 0 N–H and O–H groups in total. The first-order valence-corrected chi connectivity index (χ1v) is 20.8. The topological polar surface area (TPSA) is 29.3 Å². The van der Waals surface area contributed by atoms with E-state index in [0.29, 0.717) is 0 Å². The summed E-state index contributed by atoms with van der Waals surface area (Å²) < 4.78 is 7.67. The third-order valence-corrected chi connectivity index (χ3v) is 12.8. The Labute approximate surface area is 344 Å². The van der Waals surface area contributed by atoms with Gasteiger partial charge in [0.05, 0.1) is 15.9 Å². The Bertz CT molecular complexity index is 3550. The predicted molar refractivity (Wildman–Crippen MR) is 250 cm³/mol. The van der Waals surface area contributed by atoms with E-state index in [0.717, 1.165) is 60.7 Å². The van der Waals surface area contributed by atoms with E-state index in [4.69, 9.17) is 9.40 Å². The molecule has 0 aliphatic rings. The van der Waals surface area contributed by atoms with Crippen LogP contribution < -0.4 is 4.90 Å². The van der Waals surface area contributed by atoms with Gasteiger partial charge in [-0.3, -0.25) is 0 Å². The van der Waals surface area contributed by atoms with Crippen molar-refractivity contribution in [2.24, 2.45) is 0 Å². The van der Waals surface area contributed by atoms with E-state index in [2.05, 4.69) is 199 Å². The standard InChI is InChI=1S/C55H34N2OS/c1-3-11-36(12-4-1)43-30-32-50(45-16-8-7-15-44(43)45)57(42-28-29-47-46-17-9-10-18-51(46)58-52(47)34-42)41-26-23-35(24-27-41)40-22-20-37-19-21-38-25-31-49-54(53(38)48(37)33-40)59-55(56-49)39-13-5-2-6-14-39/h1-34H. The van der Waals surface area contributed by atoms with Crippen LogP contribution in [0, 0.1) is 0 Å². The Balaban J connectivity index is 1.00. The van der Waals surface area contributed by atoms with Gasteiger partial charge >= 0.3 is 0 Å². The highest BCUT2D eigenvalue weighted by Crippen LogP contribution is 2.45. The average molecular weight is 771 g/mol. The molecule has 4 heteroatoms. The molecule has 2 aromatic heterocycles. The van der Waals surface area contributed by atoms with E-state index < -0.39 is 0 Å². The molecule has 0 spiro atoms. The molecule has 12 rings (SSSR count). The Hall–Kier alpha value is -7.53. The molecular weight excluding hydrogens is 737 g/mol. The van der Waals surface area contributed by atoms with Crippen LogP contribution in [0.4, 0.5) is 17.1 Å². The predicted octanol–water partition coefficient (Wildman–Crippen LogP) is 16.1. The zero-order chi connectivity index (χ0) is 38.9. The van der Waals surface area contributed by atoms with Crippen LogP contribution >= 0.6 is 11.3 Å². The van der Waals surface area contributed by atoms with Gasteiger partial charge in [-0.05, 0) is 92.3 Å².